The maximum absolute atomic E-state index is 9.46. The van der Waals surface area contributed by atoms with Crippen LogP contribution in [0, 0.1) is 0 Å². The van der Waals surface area contributed by atoms with E-state index in [1.54, 1.807) is 12.1 Å². The Morgan fingerprint density at radius 1 is 1.18 bits per heavy atom. The van der Waals surface area contributed by atoms with E-state index < -0.39 is 0 Å². The zero-order valence-electron chi connectivity index (χ0n) is 10.3. The molecule has 1 aromatic heterocycles. The molecule has 0 atom stereocenters. The second-order valence-electron chi connectivity index (χ2n) is 4.18. The van der Waals surface area contributed by atoms with Gasteiger partial charge in [0.05, 0.1) is 5.52 Å². The predicted molar refractivity (Wildman–Crippen MR) is 70.0 cm³/mol. The third-order valence-electron chi connectivity index (χ3n) is 3.02. The summed E-state index contributed by atoms with van der Waals surface area (Å²) >= 11 is 0. The third-order valence-corrected chi connectivity index (χ3v) is 3.02. The average molecular weight is 230 g/mol. The number of hydrogen-bond acceptors (Lipinski definition) is 3. The van der Waals surface area contributed by atoms with Crippen LogP contribution >= 0.6 is 0 Å². The molecule has 1 heterocycles. The molecule has 3 nitrogen and oxygen atoms in total. The van der Waals surface area contributed by atoms with Crippen LogP contribution in [0.3, 0.4) is 0 Å². The smallest absolute Gasteiger partial charge is 0.116 e. The van der Waals surface area contributed by atoms with Gasteiger partial charge in [-0.05, 0) is 42.9 Å². The van der Waals surface area contributed by atoms with Gasteiger partial charge >= 0.3 is 0 Å². The zero-order valence-corrected chi connectivity index (χ0v) is 10.3. The van der Waals surface area contributed by atoms with E-state index in [-0.39, 0.29) is 0 Å². The van der Waals surface area contributed by atoms with Gasteiger partial charge in [0.1, 0.15) is 5.75 Å². The van der Waals surface area contributed by atoms with Crippen molar-refractivity contribution < 1.29 is 5.11 Å². The van der Waals surface area contributed by atoms with Gasteiger partial charge in [0.15, 0.2) is 0 Å². The van der Waals surface area contributed by atoms with Crippen molar-refractivity contribution in [2.24, 2.45) is 0 Å². The highest BCUT2D eigenvalue weighted by molar-refractivity contribution is 5.80. The predicted octanol–water partition coefficient (Wildman–Crippen LogP) is 2.78. The number of rotatable bonds is 4. The molecule has 0 spiro atoms. The number of aromatic hydroxyl groups is 1. The lowest BCUT2D eigenvalue weighted by Gasteiger charge is -2.17. The number of benzene rings is 1. The van der Waals surface area contributed by atoms with Gasteiger partial charge in [0, 0.05) is 18.1 Å². The molecule has 0 saturated heterocycles. The number of fused-ring (bicyclic) bond motifs is 1. The second-order valence-corrected chi connectivity index (χ2v) is 4.18. The molecule has 1 N–H and O–H groups in total. The average Bonchev–Trinajstić information content (AvgIpc) is 2.35. The van der Waals surface area contributed by atoms with E-state index in [4.69, 9.17) is 0 Å². The summed E-state index contributed by atoms with van der Waals surface area (Å²) in [6.07, 6.45) is 1.91. The van der Waals surface area contributed by atoms with Crippen LogP contribution in [0.25, 0.3) is 10.9 Å². The summed E-state index contributed by atoms with van der Waals surface area (Å²) in [7, 11) is 0. The molecule has 2 rings (SSSR count). The van der Waals surface area contributed by atoms with Crippen molar-refractivity contribution in [3.8, 4) is 5.75 Å². The van der Waals surface area contributed by atoms with E-state index >= 15 is 0 Å². The first-order valence-corrected chi connectivity index (χ1v) is 6.03. The second kappa shape index (κ2) is 5.15. The number of phenols is 1. The largest absolute Gasteiger partial charge is 0.508 e. The highest BCUT2D eigenvalue weighted by Gasteiger charge is 2.03. The molecular formula is C14H18N2O. The topological polar surface area (TPSA) is 36.4 Å². The van der Waals surface area contributed by atoms with Crippen molar-refractivity contribution in [1.29, 1.82) is 0 Å². The zero-order chi connectivity index (χ0) is 12.3. The van der Waals surface area contributed by atoms with Crippen molar-refractivity contribution in [3.05, 3.63) is 36.0 Å². The lowest BCUT2D eigenvalue weighted by Crippen LogP contribution is -2.22. The van der Waals surface area contributed by atoms with E-state index in [9.17, 15) is 5.11 Å². The van der Waals surface area contributed by atoms with E-state index in [1.807, 2.05) is 12.3 Å². The van der Waals surface area contributed by atoms with Gasteiger partial charge < -0.3 is 5.11 Å². The first kappa shape index (κ1) is 11.9. The summed E-state index contributed by atoms with van der Waals surface area (Å²) in [5, 5.41) is 10.5. The van der Waals surface area contributed by atoms with Crippen LogP contribution in [0.1, 0.15) is 19.4 Å². The van der Waals surface area contributed by atoms with Gasteiger partial charge in [0.2, 0.25) is 0 Å². The molecule has 0 fully saturated rings. The Kier molecular flexibility index (Phi) is 3.59. The molecule has 0 saturated carbocycles. The minimum absolute atomic E-state index is 0.291. The molecule has 0 bridgehead atoms. The maximum atomic E-state index is 9.46. The van der Waals surface area contributed by atoms with Gasteiger partial charge in [-0.15, -0.1) is 0 Å². The molecule has 0 unspecified atom stereocenters. The van der Waals surface area contributed by atoms with Crippen molar-refractivity contribution in [2.75, 3.05) is 13.1 Å². The molecule has 1 aromatic carbocycles. The van der Waals surface area contributed by atoms with Crippen LogP contribution < -0.4 is 0 Å². The molecule has 0 aliphatic carbocycles. The molecule has 0 radical (unpaired) electrons. The highest BCUT2D eigenvalue weighted by Crippen LogP contribution is 2.19. The lowest BCUT2D eigenvalue weighted by molar-refractivity contribution is 0.295. The van der Waals surface area contributed by atoms with Crippen molar-refractivity contribution in [2.45, 2.75) is 20.4 Å². The maximum Gasteiger partial charge on any atom is 0.116 e. The lowest BCUT2D eigenvalue weighted by atomic mass is 10.1. The van der Waals surface area contributed by atoms with E-state index in [1.165, 1.54) is 5.56 Å². The van der Waals surface area contributed by atoms with Crippen molar-refractivity contribution in [1.82, 2.24) is 9.88 Å². The first-order valence-electron chi connectivity index (χ1n) is 6.03. The molecule has 0 aliphatic rings. The number of phenolic OH excluding ortho intramolecular Hbond substituents is 1. The molecule has 90 valence electrons. The van der Waals surface area contributed by atoms with Gasteiger partial charge in [-0.25, -0.2) is 0 Å². The Bertz CT molecular complexity index is 507. The Morgan fingerprint density at radius 2 is 1.94 bits per heavy atom. The van der Waals surface area contributed by atoms with Crippen molar-refractivity contribution in [3.63, 3.8) is 0 Å². The van der Waals surface area contributed by atoms with E-state index in [2.05, 4.69) is 29.8 Å². The summed E-state index contributed by atoms with van der Waals surface area (Å²) in [5.41, 5.74) is 2.11. The minimum Gasteiger partial charge on any atom is -0.508 e. The number of pyridine rings is 1. The fourth-order valence-electron chi connectivity index (χ4n) is 1.96. The fourth-order valence-corrected chi connectivity index (χ4v) is 1.96. The normalized spacial score (nSPS) is 11.2. The fraction of sp³-hybridized carbons (Fsp3) is 0.357. The van der Waals surface area contributed by atoms with Gasteiger partial charge in [-0.3, -0.25) is 9.88 Å². The molecule has 0 aliphatic heterocycles. The van der Waals surface area contributed by atoms with E-state index in [0.717, 1.165) is 30.5 Å². The molecular weight excluding hydrogens is 212 g/mol. The van der Waals surface area contributed by atoms with Crippen LogP contribution in [0.15, 0.2) is 30.5 Å². The van der Waals surface area contributed by atoms with E-state index in [0.29, 0.717) is 5.75 Å². The standard InChI is InChI=1S/C14H18N2O/c1-3-16(4-2)10-11-7-12-8-13(17)5-6-14(12)15-9-11/h5-9,17H,3-4,10H2,1-2H3. The summed E-state index contributed by atoms with van der Waals surface area (Å²) < 4.78 is 0. The number of hydrogen-bond donors (Lipinski definition) is 1. The van der Waals surface area contributed by atoms with Gasteiger partial charge in [-0.2, -0.15) is 0 Å². The van der Waals surface area contributed by atoms with Gasteiger partial charge in [-0.1, -0.05) is 13.8 Å². The molecule has 0 amide bonds. The summed E-state index contributed by atoms with van der Waals surface area (Å²) in [6, 6.07) is 7.36. The third kappa shape index (κ3) is 2.74. The minimum atomic E-state index is 0.291. The Labute approximate surface area is 102 Å². The van der Waals surface area contributed by atoms with Crippen LogP contribution in [0.4, 0.5) is 0 Å². The molecule has 3 heteroatoms. The Balaban J connectivity index is 2.30. The van der Waals surface area contributed by atoms with Crippen LogP contribution in [0.2, 0.25) is 0 Å². The molecule has 17 heavy (non-hydrogen) atoms. The van der Waals surface area contributed by atoms with Crippen LogP contribution in [-0.4, -0.2) is 28.1 Å². The summed E-state index contributed by atoms with van der Waals surface area (Å²) in [5.74, 6) is 0.291. The molecule has 2 aromatic rings. The monoisotopic (exact) mass is 230 g/mol. The number of aromatic nitrogens is 1. The Morgan fingerprint density at radius 3 is 2.65 bits per heavy atom. The highest BCUT2D eigenvalue weighted by atomic mass is 16.3. The van der Waals surface area contributed by atoms with Crippen LogP contribution in [-0.2, 0) is 6.54 Å². The SMILES string of the molecule is CCN(CC)Cc1cnc2ccc(O)cc2c1. The first-order chi connectivity index (χ1) is 8.22. The Hall–Kier alpha value is -1.61. The summed E-state index contributed by atoms with van der Waals surface area (Å²) in [6.45, 7) is 7.29. The van der Waals surface area contributed by atoms with Gasteiger partial charge in [0.25, 0.3) is 0 Å². The summed E-state index contributed by atoms with van der Waals surface area (Å²) in [4.78, 5) is 6.75. The van der Waals surface area contributed by atoms with Crippen molar-refractivity contribution >= 4 is 10.9 Å². The van der Waals surface area contributed by atoms with Crippen LogP contribution in [0.5, 0.6) is 5.75 Å². The number of nitrogens with zero attached hydrogens (tertiary/aromatic N) is 2. The quantitative estimate of drug-likeness (QED) is 0.877.